The number of nitrogens with one attached hydrogen (secondary N) is 1. The zero-order chi connectivity index (χ0) is 19.5. The molecule has 1 aliphatic rings. The predicted octanol–water partition coefficient (Wildman–Crippen LogP) is 4.22. The molecule has 28 heavy (non-hydrogen) atoms. The molecule has 0 saturated carbocycles. The van der Waals surface area contributed by atoms with Gasteiger partial charge in [-0.3, -0.25) is 14.5 Å². The summed E-state index contributed by atoms with van der Waals surface area (Å²) in [7, 11) is 0. The maximum Gasteiger partial charge on any atom is 0.278 e. The van der Waals surface area contributed by atoms with E-state index in [2.05, 4.69) is 5.32 Å². The molecule has 4 nitrogen and oxygen atoms in total. The fourth-order valence-corrected chi connectivity index (χ4v) is 3.15. The first kappa shape index (κ1) is 17.7. The van der Waals surface area contributed by atoms with E-state index < -0.39 is 5.91 Å². The van der Waals surface area contributed by atoms with Crippen molar-refractivity contribution in [2.75, 3.05) is 5.32 Å². The van der Waals surface area contributed by atoms with Crippen LogP contribution in [0.2, 0.25) is 0 Å². The summed E-state index contributed by atoms with van der Waals surface area (Å²) in [6.07, 6.45) is 0. The van der Waals surface area contributed by atoms with Gasteiger partial charge in [0.15, 0.2) is 0 Å². The normalized spacial score (nSPS) is 14.0. The summed E-state index contributed by atoms with van der Waals surface area (Å²) in [5.41, 5.74) is 2.55. The molecule has 3 aromatic carbocycles. The third-order valence-electron chi connectivity index (χ3n) is 4.53. The van der Waals surface area contributed by atoms with Crippen LogP contribution in [-0.2, 0) is 16.1 Å². The van der Waals surface area contributed by atoms with Gasteiger partial charge in [-0.2, -0.15) is 0 Å². The van der Waals surface area contributed by atoms with Crippen molar-refractivity contribution in [3.63, 3.8) is 0 Å². The molecule has 0 radical (unpaired) electrons. The molecule has 138 valence electrons. The first-order valence-electron chi connectivity index (χ1n) is 8.86. The lowest BCUT2D eigenvalue weighted by atomic mass is 10.0. The molecule has 0 unspecified atom stereocenters. The third kappa shape index (κ3) is 3.42. The molecule has 0 aliphatic carbocycles. The smallest absolute Gasteiger partial charge is 0.278 e. The lowest BCUT2D eigenvalue weighted by Gasteiger charge is -2.15. The second kappa shape index (κ2) is 7.48. The molecule has 3 aromatic rings. The van der Waals surface area contributed by atoms with Crippen molar-refractivity contribution in [2.24, 2.45) is 0 Å². The zero-order valence-corrected chi connectivity index (χ0v) is 14.9. The van der Waals surface area contributed by atoms with Crippen LogP contribution < -0.4 is 5.32 Å². The van der Waals surface area contributed by atoms with Gasteiger partial charge in [-0.15, -0.1) is 0 Å². The Hall–Kier alpha value is -3.73. The van der Waals surface area contributed by atoms with Crippen molar-refractivity contribution >= 4 is 23.1 Å². The number of nitrogens with zero attached hydrogens (tertiary/aromatic N) is 1. The lowest BCUT2D eigenvalue weighted by molar-refractivity contribution is -0.137. The SMILES string of the molecule is O=C1C(Nc2ccc(F)cc2)=C(c2ccccc2)C(=O)N1Cc1ccccc1. The van der Waals surface area contributed by atoms with Gasteiger partial charge in [0.2, 0.25) is 0 Å². The number of imide groups is 1. The molecule has 1 aliphatic heterocycles. The van der Waals surface area contributed by atoms with Gasteiger partial charge in [-0.05, 0) is 35.4 Å². The highest BCUT2D eigenvalue weighted by Gasteiger charge is 2.39. The molecule has 4 rings (SSSR count). The lowest BCUT2D eigenvalue weighted by Crippen LogP contribution is -2.31. The molecule has 5 heteroatoms. The summed E-state index contributed by atoms with van der Waals surface area (Å²) in [5, 5.41) is 3.01. The second-order valence-corrected chi connectivity index (χ2v) is 6.43. The number of hydrogen-bond acceptors (Lipinski definition) is 3. The minimum atomic E-state index is -0.406. The van der Waals surface area contributed by atoms with Crippen LogP contribution in [0.25, 0.3) is 5.57 Å². The monoisotopic (exact) mass is 372 g/mol. The van der Waals surface area contributed by atoms with E-state index in [9.17, 15) is 14.0 Å². The fraction of sp³-hybridized carbons (Fsp3) is 0.0435. The van der Waals surface area contributed by atoms with E-state index in [1.165, 1.54) is 29.2 Å². The van der Waals surface area contributed by atoms with Gasteiger partial charge >= 0.3 is 0 Å². The zero-order valence-electron chi connectivity index (χ0n) is 14.9. The number of benzene rings is 3. The molecule has 0 saturated heterocycles. The van der Waals surface area contributed by atoms with Crippen molar-refractivity contribution in [1.29, 1.82) is 0 Å². The highest BCUT2D eigenvalue weighted by molar-refractivity contribution is 6.36. The van der Waals surface area contributed by atoms with Crippen LogP contribution in [0.3, 0.4) is 0 Å². The van der Waals surface area contributed by atoms with E-state index in [-0.39, 0.29) is 24.0 Å². The number of rotatable bonds is 5. The maximum absolute atomic E-state index is 13.2. The van der Waals surface area contributed by atoms with Crippen molar-refractivity contribution in [2.45, 2.75) is 6.54 Å². The van der Waals surface area contributed by atoms with Gasteiger partial charge in [0.05, 0.1) is 12.1 Å². The van der Waals surface area contributed by atoms with E-state index in [0.29, 0.717) is 16.8 Å². The Morgan fingerprint density at radius 3 is 2.00 bits per heavy atom. The van der Waals surface area contributed by atoms with Gasteiger partial charge in [0.25, 0.3) is 11.8 Å². The van der Waals surface area contributed by atoms with Crippen LogP contribution in [0.1, 0.15) is 11.1 Å². The number of halogens is 1. The Bertz CT molecular complexity index is 1040. The predicted molar refractivity (Wildman–Crippen MR) is 105 cm³/mol. The second-order valence-electron chi connectivity index (χ2n) is 6.43. The van der Waals surface area contributed by atoms with Gasteiger partial charge in [0, 0.05) is 5.69 Å². The van der Waals surface area contributed by atoms with E-state index in [4.69, 9.17) is 0 Å². The summed E-state index contributed by atoms with van der Waals surface area (Å²) in [4.78, 5) is 27.4. The van der Waals surface area contributed by atoms with Gasteiger partial charge < -0.3 is 5.32 Å². The van der Waals surface area contributed by atoms with Crippen LogP contribution in [0.15, 0.2) is 90.6 Å². The van der Waals surface area contributed by atoms with Crippen LogP contribution in [0, 0.1) is 5.82 Å². The molecule has 0 bridgehead atoms. The summed E-state index contributed by atoms with van der Waals surface area (Å²) < 4.78 is 13.2. The number of amides is 2. The Kier molecular flexibility index (Phi) is 4.72. The maximum atomic E-state index is 13.2. The first-order chi connectivity index (χ1) is 13.6. The minimum absolute atomic E-state index is 0.184. The van der Waals surface area contributed by atoms with Crippen molar-refractivity contribution in [3.05, 3.63) is 108 Å². The largest absolute Gasteiger partial charge is 0.350 e. The van der Waals surface area contributed by atoms with Gasteiger partial charge in [-0.1, -0.05) is 60.7 Å². The summed E-state index contributed by atoms with van der Waals surface area (Å²) in [5.74, 6) is -1.14. The number of hydrogen-bond donors (Lipinski definition) is 1. The van der Waals surface area contributed by atoms with Gasteiger partial charge in [-0.25, -0.2) is 4.39 Å². The molecule has 0 atom stereocenters. The van der Waals surface area contributed by atoms with Crippen LogP contribution in [0.4, 0.5) is 10.1 Å². The number of carbonyl (C=O) groups excluding carboxylic acids is 2. The highest BCUT2D eigenvalue weighted by atomic mass is 19.1. The minimum Gasteiger partial charge on any atom is -0.350 e. The molecule has 2 amide bonds. The van der Waals surface area contributed by atoms with Crippen LogP contribution in [-0.4, -0.2) is 16.7 Å². The van der Waals surface area contributed by atoms with Gasteiger partial charge in [0.1, 0.15) is 11.5 Å². The quantitative estimate of drug-likeness (QED) is 0.683. The van der Waals surface area contributed by atoms with E-state index >= 15 is 0 Å². The molecular weight excluding hydrogens is 355 g/mol. The Labute approximate surface area is 161 Å². The highest BCUT2D eigenvalue weighted by Crippen LogP contribution is 2.31. The topological polar surface area (TPSA) is 49.4 Å². The Morgan fingerprint density at radius 2 is 1.36 bits per heavy atom. The van der Waals surface area contributed by atoms with Crippen molar-refractivity contribution in [3.8, 4) is 0 Å². The molecule has 0 spiro atoms. The van der Waals surface area contributed by atoms with E-state index in [1.54, 1.807) is 12.1 Å². The Morgan fingerprint density at radius 1 is 0.750 bits per heavy atom. The standard InChI is InChI=1S/C23H17FN2O2/c24-18-11-13-19(14-12-18)25-21-20(17-9-5-2-6-10-17)22(27)26(23(21)28)15-16-7-3-1-4-8-16/h1-14,25H,15H2. The van der Waals surface area contributed by atoms with Crippen LogP contribution in [0.5, 0.6) is 0 Å². The molecule has 0 aromatic heterocycles. The van der Waals surface area contributed by atoms with Crippen molar-refractivity contribution in [1.82, 2.24) is 4.90 Å². The number of carbonyl (C=O) groups is 2. The summed E-state index contributed by atoms with van der Waals surface area (Å²) >= 11 is 0. The van der Waals surface area contributed by atoms with Crippen LogP contribution >= 0.6 is 0 Å². The summed E-state index contributed by atoms with van der Waals surface area (Å²) in [6.45, 7) is 0.184. The first-order valence-corrected chi connectivity index (χ1v) is 8.86. The van der Waals surface area contributed by atoms with E-state index in [1.807, 2.05) is 48.5 Å². The molecule has 0 fully saturated rings. The average molecular weight is 372 g/mol. The molecular formula is C23H17FN2O2. The third-order valence-corrected chi connectivity index (χ3v) is 4.53. The average Bonchev–Trinajstić information content (AvgIpc) is 2.95. The molecule has 1 N–H and O–H groups in total. The molecule has 1 heterocycles. The number of anilines is 1. The van der Waals surface area contributed by atoms with Crippen molar-refractivity contribution < 1.29 is 14.0 Å². The van der Waals surface area contributed by atoms with E-state index in [0.717, 1.165) is 5.56 Å². The summed E-state index contributed by atoms with van der Waals surface area (Å²) in [6, 6.07) is 24.1. The Balaban J connectivity index is 1.73. The fourth-order valence-electron chi connectivity index (χ4n) is 3.15.